The van der Waals surface area contributed by atoms with Gasteiger partial charge in [0, 0.05) is 12.2 Å². The SMILES string of the molecule is CCOc1ccccc1-c1nc(-c2nc(N)nc(N(CC)c3ccccc3)n2)no1. The third-order valence-corrected chi connectivity index (χ3v) is 4.31. The van der Waals surface area contributed by atoms with Gasteiger partial charge in [0.05, 0.1) is 12.2 Å². The minimum atomic E-state index is 0.0745. The molecule has 0 fully saturated rings. The Balaban J connectivity index is 1.71. The van der Waals surface area contributed by atoms with Gasteiger partial charge in [-0.1, -0.05) is 35.5 Å². The van der Waals surface area contributed by atoms with Crippen molar-refractivity contribution >= 4 is 17.6 Å². The molecule has 4 aromatic rings. The zero-order valence-electron chi connectivity index (χ0n) is 16.7. The molecule has 2 aromatic heterocycles. The highest BCUT2D eigenvalue weighted by molar-refractivity contribution is 5.65. The van der Waals surface area contributed by atoms with E-state index in [1.807, 2.05) is 73.3 Å². The van der Waals surface area contributed by atoms with Gasteiger partial charge < -0.3 is 19.9 Å². The number of hydrogen-bond acceptors (Lipinski definition) is 9. The molecule has 9 heteroatoms. The molecular formula is C21H21N7O2. The summed E-state index contributed by atoms with van der Waals surface area (Å²) in [5, 5.41) is 4.04. The molecule has 2 heterocycles. The summed E-state index contributed by atoms with van der Waals surface area (Å²) in [5.74, 6) is 1.90. The average molecular weight is 403 g/mol. The predicted molar refractivity (Wildman–Crippen MR) is 113 cm³/mol. The van der Waals surface area contributed by atoms with Crippen LogP contribution in [0.1, 0.15) is 13.8 Å². The van der Waals surface area contributed by atoms with Gasteiger partial charge in [0.2, 0.25) is 23.5 Å². The second-order valence-electron chi connectivity index (χ2n) is 6.25. The monoisotopic (exact) mass is 403 g/mol. The topological polar surface area (TPSA) is 116 Å². The second-order valence-corrected chi connectivity index (χ2v) is 6.25. The number of aromatic nitrogens is 5. The first-order valence-corrected chi connectivity index (χ1v) is 9.60. The molecule has 0 aliphatic carbocycles. The fraction of sp³-hybridized carbons (Fsp3) is 0.190. The number of hydrogen-bond donors (Lipinski definition) is 1. The van der Waals surface area contributed by atoms with E-state index in [9.17, 15) is 0 Å². The molecular weight excluding hydrogens is 382 g/mol. The van der Waals surface area contributed by atoms with Crippen LogP contribution in [-0.4, -0.2) is 38.2 Å². The third kappa shape index (κ3) is 3.90. The van der Waals surface area contributed by atoms with Crippen LogP contribution in [0.15, 0.2) is 59.1 Å². The van der Waals surface area contributed by atoms with Crippen molar-refractivity contribution in [3.8, 4) is 28.9 Å². The van der Waals surface area contributed by atoms with E-state index in [4.69, 9.17) is 15.0 Å². The van der Waals surface area contributed by atoms with E-state index in [2.05, 4.69) is 25.1 Å². The van der Waals surface area contributed by atoms with Crippen molar-refractivity contribution in [1.29, 1.82) is 0 Å². The summed E-state index contributed by atoms with van der Waals surface area (Å²) in [6.07, 6.45) is 0. The summed E-state index contributed by atoms with van der Waals surface area (Å²) in [7, 11) is 0. The highest BCUT2D eigenvalue weighted by atomic mass is 16.5. The van der Waals surface area contributed by atoms with E-state index in [1.165, 1.54) is 0 Å². The van der Waals surface area contributed by atoms with Crippen LogP contribution in [0.25, 0.3) is 23.1 Å². The van der Waals surface area contributed by atoms with Crippen LogP contribution < -0.4 is 15.4 Å². The van der Waals surface area contributed by atoms with Gasteiger partial charge in [0.15, 0.2) is 0 Å². The Hall–Kier alpha value is -4.01. The molecule has 152 valence electrons. The summed E-state index contributed by atoms with van der Waals surface area (Å²) in [6.45, 7) is 5.09. The lowest BCUT2D eigenvalue weighted by Crippen LogP contribution is -2.20. The fourth-order valence-electron chi connectivity index (χ4n) is 3.00. The van der Waals surface area contributed by atoms with Gasteiger partial charge in [-0.3, -0.25) is 0 Å². The number of para-hydroxylation sites is 2. The number of nitrogens with two attached hydrogens (primary N) is 1. The van der Waals surface area contributed by atoms with Gasteiger partial charge in [-0.05, 0) is 38.1 Å². The molecule has 0 atom stereocenters. The van der Waals surface area contributed by atoms with Crippen molar-refractivity contribution in [1.82, 2.24) is 25.1 Å². The zero-order chi connectivity index (χ0) is 20.9. The zero-order valence-corrected chi connectivity index (χ0v) is 16.7. The fourth-order valence-corrected chi connectivity index (χ4v) is 3.00. The summed E-state index contributed by atoms with van der Waals surface area (Å²) in [6, 6.07) is 17.2. The van der Waals surface area contributed by atoms with Crippen molar-refractivity contribution in [2.24, 2.45) is 0 Å². The van der Waals surface area contributed by atoms with Crippen molar-refractivity contribution in [2.45, 2.75) is 13.8 Å². The van der Waals surface area contributed by atoms with Crippen molar-refractivity contribution in [2.75, 3.05) is 23.8 Å². The van der Waals surface area contributed by atoms with Crippen LogP contribution in [0.4, 0.5) is 17.6 Å². The van der Waals surface area contributed by atoms with Crippen molar-refractivity contribution in [3.63, 3.8) is 0 Å². The lowest BCUT2D eigenvalue weighted by Gasteiger charge is -2.20. The molecule has 2 aromatic carbocycles. The van der Waals surface area contributed by atoms with Crippen LogP contribution in [0.3, 0.4) is 0 Å². The molecule has 9 nitrogen and oxygen atoms in total. The van der Waals surface area contributed by atoms with Gasteiger partial charge in [0.1, 0.15) is 5.75 Å². The van der Waals surface area contributed by atoms with Crippen LogP contribution >= 0.6 is 0 Å². The van der Waals surface area contributed by atoms with Gasteiger partial charge in [-0.25, -0.2) is 0 Å². The normalized spacial score (nSPS) is 10.7. The summed E-state index contributed by atoms with van der Waals surface area (Å²) in [5.41, 5.74) is 7.59. The maximum Gasteiger partial charge on any atom is 0.262 e. The highest BCUT2D eigenvalue weighted by Gasteiger charge is 2.19. The number of nitrogen functional groups attached to an aromatic ring is 1. The van der Waals surface area contributed by atoms with E-state index >= 15 is 0 Å². The number of benzene rings is 2. The van der Waals surface area contributed by atoms with E-state index in [0.29, 0.717) is 36.3 Å². The van der Waals surface area contributed by atoms with Crippen molar-refractivity contribution < 1.29 is 9.26 Å². The summed E-state index contributed by atoms with van der Waals surface area (Å²) >= 11 is 0. The Kier molecular flexibility index (Phi) is 5.51. The smallest absolute Gasteiger partial charge is 0.262 e. The standard InChI is InChI=1S/C21H21N7O2/c1-3-28(14-10-6-5-7-11-14)21-25-17(24-20(22)26-21)18-23-19(30-27-18)15-12-8-9-13-16(15)29-4-2/h5-13H,3-4H2,1-2H3,(H2,22,24,25,26). The molecule has 0 unspecified atom stereocenters. The van der Waals surface area contributed by atoms with E-state index in [0.717, 1.165) is 5.69 Å². The predicted octanol–water partition coefficient (Wildman–Crippen LogP) is 3.73. The first kappa shape index (κ1) is 19.3. The quantitative estimate of drug-likeness (QED) is 0.492. The number of nitrogens with zero attached hydrogens (tertiary/aromatic N) is 6. The lowest BCUT2D eigenvalue weighted by molar-refractivity contribution is 0.339. The van der Waals surface area contributed by atoms with Crippen LogP contribution in [-0.2, 0) is 0 Å². The lowest BCUT2D eigenvalue weighted by atomic mass is 10.2. The number of ether oxygens (including phenoxy) is 1. The minimum Gasteiger partial charge on any atom is -0.493 e. The van der Waals surface area contributed by atoms with Crippen LogP contribution in [0, 0.1) is 0 Å². The molecule has 0 radical (unpaired) electrons. The molecule has 0 aliphatic heterocycles. The molecule has 0 spiro atoms. The number of anilines is 3. The minimum absolute atomic E-state index is 0.0745. The third-order valence-electron chi connectivity index (χ3n) is 4.31. The van der Waals surface area contributed by atoms with Gasteiger partial charge in [0.25, 0.3) is 5.89 Å². The highest BCUT2D eigenvalue weighted by Crippen LogP contribution is 2.30. The maximum absolute atomic E-state index is 5.95. The Morgan fingerprint density at radius 2 is 1.67 bits per heavy atom. The Bertz CT molecular complexity index is 1130. The van der Waals surface area contributed by atoms with E-state index in [-0.39, 0.29) is 17.6 Å². The van der Waals surface area contributed by atoms with Gasteiger partial charge in [-0.2, -0.15) is 19.9 Å². The molecule has 0 saturated carbocycles. The summed E-state index contributed by atoms with van der Waals surface area (Å²) < 4.78 is 11.1. The maximum atomic E-state index is 5.95. The molecule has 0 aliphatic rings. The molecule has 2 N–H and O–H groups in total. The molecule has 0 amide bonds. The Morgan fingerprint density at radius 3 is 2.43 bits per heavy atom. The summed E-state index contributed by atoms with van der Waals surface area (Å²) in [4.78, 5) is 19.4. The largest absolute Gasteiger partial charge is 0.493 e. The first-order chi connectivity index (χ1) is 14.7. The van der Waals surface area contributed by atoms with E-state index < -0.39 is 0 Å². The van der Waals surface area contributed by atoms with E-state index in [1.54, 1.807) is 0 Å². The van der Waals surface area contributed by atoms with Gasteiger partial charge >= 0.3 is 0 Å². The van der Waals surface area contributed by atoms with Crippen LogP contribution in [0.5, 0.6) is 5.75 Å². The molecule has 30 heavy (non-hydrogen) atoms. The Morgan fingerprint density at radius 1 is 0.900 bits per heavy atom. The first-order valence-electron chi connectivity index (χ1n) is 9.60. The van der Waals surface area contributed by atoms with Crippen LogP contribution in [0.2, 0.25) is 0 Å². The molecule has 4 rings (SSSR count). The van der Waals surface area contributed by atoms with Gasteiger partial charge in [-0.15, -0.1) is 0 Å². The Labute approximate surface area is 173 Å². The average Bonchev–Trinajstić information content (AvgIpc) is 3.26. The molecule has 0 bridgehead atoms. The van der Waals surface area contributed by atoms with Crippen molar-refractivity contribution in [3.05, 3.63) is 54.6 Å². The molecule has 0 saturated heterocycles. The second kappa shape index (κ2) is 8.56. The number of rotatable bonds is 7.